The van der Waals surface area contributed by atoms with Gasteiger partial charge in [-0.15, -0.1) is 0 Å². The van der Waals surface area contributed by atoms with Crippen LogP contribution in [-0.2, 0) is 19.6 Å². The van der Waals surface area contributed by atoms with E-state index in [1.165, 1.54) is 6.92 Å². The van der Waals surface area contributed by atoms with Gasteiger partial charge in [-0.2, -0.15) is 8.42 Å². The lowest BCUT2D eigenvalue weighted by Gasteiger charge is -2.23. The fourth-order valence-corrected chi connectivity index (χ4v) is 1.62. The third kappa shape index (κ3) is 4.01. The minimum absolute atomic E-state index is 0.0575. The molecule has 0 aromatic carbocycles. The van der Waals surface area contributed by atoms with Crippen LogP contribution in [-0.4, -0.2) is 30.3 Å². The molecule has 88 valence electrons. The highest BCUT2D eigenvalue weighted by Crippen LogP contribution is 2.24. The Kier molecular flexibility index (Phi) is 4.96. The van der Waals surface area contributed by atoms with E-state index in [0.717, 1.165) is 6.08 Å². The molecule has 0 amide bonds. The minimum Gasteiger partial charge on any atom is -0.462 e. The maximum atomic E-state index is 11.0. The Morgan fingerprint density at radius 1 is 1.60 bits per heavy atom. The maximum Gasteiger partial charge on any atom is 0.330 e. The molecule has 0 heterocycles. The van der Waals surface area contributed by atoms with Gasteiger partial charge in [-0.25, -0.2) is 4.79 Å². The van der Waals surface area contributed by atoms with E-state index in [1.807, 2.05) is 0 Å². The van der Waals surface area contributed by atoms with E-state index in [4.69, 9.17) is 4.55 Å². The number of hydrogen-bond acceptors (Lipinski definition) is 4. The van der Waals surface area contributed by atoms with Crippen LogP contribution in [0.4, 0.5) is 0 Å². The van der Waals surface area contributed by atoms with Crippen LogP contribution in [0.2, 0.25) is 0 Å². The standard InChI is InChI=1S/C9H16O5S/c1-4-8(10)14-7-6-9(3,5-2)15(11,12)13/h4H,1,5-7H2,2-3H3,(H,11,12,13). The highest BCUT2D eigenvalue weighted by molar-refractivity contribution is 7.87. The Labute approximate surface area is 89.9 Å². The van der Waals surface area contributed by atoms with Gasteiger partial charge < -0.3 is 4.74 Å². The summed E-state index contributed by atoms with van der Waals surface area (Å²) >= 11 is 0. The van der Waals surface area contributed by atoms with E-state index < -0.39 is 20.8 Å². The van der Waals surface area contributed by atoms with Gasteiger partial charge in [0.15, 0.2) is 0 Å². The van der Waals surface area contributed by atoms with E-state index in [1.54, 1.807) is 6.92 Å². The molecule has 0 aromatic heterocycles. The van der Waals surface area contributed by atoms with Crippen molar-refractivity contribution < 1.29 is 22.5 Å². The second kappa shape index (κ2) is 5.27. The number of rotatable bonds is 6. The van der Waals surface area contributed by atoms with Crippen LogP contribution in [0.15, 0.2) is 12.7 Å². The molecular weight excluding hydrogens is 220 g/mol. The average Bonchev–Trinajstić information content (AvgIpc) is 2.15. The zero-order chi connectivity index (χ0) is 12.1. The molecule has 0 saturated carbocycles. The third-order valence-corrected chi connectivity index (χ3v) is 4.15. The predicted molar refractivity (Wildman–Crippen MR) is 56.0 cm³/mol. The summed E-state index contributed by atoms with van der Waals surface area (Å²) in [5, 5.41) is 0. The van der Waals surface area contributed by atoms with Crippen LogP contribution in [0.5, 0.6) is 0 Å². The van der Waals surface area contributed by atoms with Crippen molar-refractivity contribution in [2.45, 2.75) is 31.4 Å². The monoisotopic (exact) mass is 236 g/mol. The van der Waals surface area contributed by atoms with Crippen molar-refractivity contribution in [3.05, 3.63) is 12.7 Å². The van der Waals surface area contributed by atoms with Crippen molar-refractivity contribution in [3.8, 4) is 0 Å². The highest BCUT2D eigenvalue weighted by Gasteiger charge is 2.35. The van der Waals surface area contributed by atoms with Crippen LogP contribution < -0.4 is 0 Å². The van der Waals surface area contributed by atoms with Crippen LogP contribution in [0, 0.1) is 0 Å². The zero-order valence-electron chi connectivity index (χ0n) is 8.89. The second-order valence-electron chi connectivity index (χ2n) is 3.40. The zero-order valence-corrected chi connectivity index (χ0v) is 9.71. The average molecular weight is 236 g/mol. The maximum absolute atomic E-state index is 11.0. The summed E-state index contributed by atoms with van der Waals surface area (Å²) in [6, 6.07) is 0. The van der Waals surface area contributed by atoms with Gasteiger partial charge in [-0.05, 0) is 13.3 Å². The van der Waals surface area contributed by atoms with Crippen molar-refractivity contribution in [2.75, 3.05) is 6.61 Å². The first-order valence-electron chi connectivity index (χ1n) is 4.53. The molecule has 0 aromatic rings. The summed E-state index contributed by atoms with van der Waals surface area (Å²) in [7, 11) is -4.14. The molecule has 0 saturated heterocycles. The summed E-state index contributed by atoms with van der Waals surface area (Å²) in [5.41, 5.74) is 0. The molecule has 5 nitrogen and oxygen atoms in total. The Balaban J connectivity index is 4.36. The predicted octanol–water partition coefficient (Wildman–Crippen LogP) is 1.16. The number of ether oxygens (including phenoxy) is 1. The van der Waals surface area contributed by atoms with Crippen LogP contribution in [0.25, 0.3) is 0 Å². The molecule has 1 atom stereocenters. The first kappa shape index (κ1) is 14.1. The van der Waals surface area contributed by atoms with Crippen molar-refractivity contribution >= 4 is 16.1 Å². The van der Waals surface area contributed by atoms with E-state index in [-0.39, 0.29) is 19.4 Å². The molecule has 0 aliphatic carbocycles. The normalized spacial score (nSPS) is 15.4. The van der Waals surface area contributed by atoms with Crippen LogP contribution in [0.1, 0.15) is 26.7 Å². The first-order chi connectivity index (χ1) is 6.77. The second-order valence-corrected chi connectivity index (χ2v) is 5.34. The first-order valence-corrected chi connectivity index (χ1v) is 5.97. The molecular formula is C9H16O5S. The third-order valence-electron chi connectivity index (χ3n) is 2.41. The molecule has 0 spiro atoms. The highest BCUT2D eigenvalue weighted by atomic mass is 32.2. The molecule has 0 radical (unpaired) electrons. The van der Waals surface area contributed by atoms with Crippen molar-refractivity contribution in [1.29, 1.82) is 0 Å². The number of hydrogen-bond donors (Lipinski definition) is 1. The quantitative estimate of drug-likeness (QED) is 0.425. The lowest BCUT2D eigenvalue weighted by atomic mass is 10.1. The lowest BCUT2D eigenvalue weighted by Crippen LogP contribution is -2.35. The molecule has 0 fully saturated rings. The molecule has 0 aliphatic heterocycles. The number of esters is 1. The van der Waals surface area contributed by atoms with Gasteiger partial charge in [-0.1, -0.05) is 13.5 Å². The van der Waals surface area contributed by atoms with E-state index in [0.29, 0.717) is 0 Å². The van der Waals surface area contributed by atoms with Gasteiger partial charge >= 0.3 is 5.97 Å². The Morgan fingerprint density at radius 3 is 2.47 bits per heavy atom. The molecule has 1 unspecified atom stereocenters. The van der Waals surface area contributed by atoms with E-state index >= 15 is 0 Å². The van der Waals surface area contributed by atoms with Gasteiger partial charge in [0.05, 0.1) is 11.4 Å². The Morgan fingerprint density at radius 2 is 2.13 bits per heavy atom. The van der Waals surface area contributed by atoms with Gasteiger partial charge in [0, 0.05) is 12.5 Å². The van der Waals surface area contributed by atoms with Crippen LogP contribution >= 0.6 is 0 Å². The van der Waals surface area contributed by atoms with Gasteiger partial charge in [0.25, 0.3) is 10.1 Å². The lowest BCUT2D eigenvalue weighted by molar-refractivity contribution is -0.138. The fourth-order valence-electron chi connectivity index (χ4n) is 0.915. The topological polar surface area (TPSA) is 80.7 Å². The van der Waals surface area contributed by atoms with Gasteiger partial charge in [0.2, 0.25) is 0 Å². The number of carbonyl (C=O) groups is 1. The van der Waals surface area contributed by atoms with E-state index in [9.17, 15) is 13.2 Å². The molecule has 0 rings (SSSR count). The van der Waals surface area contributed by atoms with Crippen molar-refractivity contribution in [1.82, 2.24) is 0 Å². The molecule has 6 heteroatoms. The molecule has 1 N–H and O–H groups in total. The summed E-state index contributed by atoms with van der Waals surface area (Å²) in [4.78, 5) is 10.7. The number of carbonyl (C=O) groups excluding carboxylic acids is 1. The largest absolute Gasteiger partial charge is 0.462 e. The van der Waals surface area contributed by atoms with E-state index in [2.05, 4.69) is 11.3 Å². The van der Waals surface area contributed by atoms with Crippen molar-refractivity contribution in [3.63, 3.8) is 0 Å². The van der Waals surface area contributed by atoms with Gasteiger partial charge in [0.1, 0.15) is 0 Å². The fraction of sp³-hybridized carbons (Fsp3) is 0.667. The summed E-state index contributed by atoms with van der Waals surface area (Å²) in [6.45, 7) is 6.19. The SMILES string of the molecule is C=CC(=O)OCCC(C)(CC)S(=O)(=O)O. The van der Waals surface area contributed by atoms with Crippen molar-refractivity contribution in [2.24, 2.45) is 0 Å². The minimum atomic E-state index is -4.14. The molecule has 0 aliphatic rings. The molecule has 0 bridgehead atoms. The summed E-state index contributed by atoms with van der Waals surface area (Å²) < 4.78 is 34.4. The Bertz CT molecular complexity index is 332. The van der Waals surface area contributed by atoms with Gasteiger partial charge in [-0.3, -0.25) is 4.55 Å². The summed E-state index contributed by atoms with van der Waals surface area (Å²) in [6.07, 6.45) is 1.30. The Hall–Kier alpha value is -0.880. The smallest absolute Gasteiger partial charge is 0.330 e. The summed E-state index contributed by atoms with van der Waals surface area (Å²) in [5.74, 6) is -0.608. The van der Waals surface area contributed by atoms with Crippen LogP contribution in [0.3, 0.4) is 0 Å². The molecule has 15 heavy (non-hydrogen) atoms.